The molecule has 0 N–H and O–H groups in total. The van der Waals surface area contributed by atoms with E-state index in [1.807, 2.05) is 20.8 Å². The van der Waals surface area contributed by atoms with Gasteiger partial charge < -0.3 is 23.7 Å². The Hall–Kier alpha value is -0.730. The van der Waals surface area contributed by atoms with Crippen molar-refractivity contribution >= 4 is 5.97 Å². The van der Waals surface area contributed by atoms with Crippen LogP contribution in [0.15, 0.2) is 0 Å². The van der Waals surface area contributed by atoms with Crippen molar-refractivity contribution in [1.82, 2.24) is 4.90 Å². The first-order valence-electron chi connectivity index (χ1n) is 8.72. The van der Waals surface area contributed by atoms with Gasteiger partial charge in [-0.2, -0.15) is 0 Å². The first kappa shape index (κ1) is 21.3. The lowest BCUT2D eigenvalue weighted by molar-refractivity contribution is -0.156. The van der Waals surface area contributed by atoms with Crippen LogP contribution in [0.5, 0.6) is 0 Å². The molecule has 0 saturated carbocycles. The first-order valence-corrected chi connectivity index (χ1v) is 8.72. The van der Waals surface area contributed by atoms with Crippen molar-refractivity contribution in [2.45, 2.75) is 32.8 Å². The summed E-state index contributed by atoms with van der Waals surface area (Å²) in [7, 11) is 0. The Morgan fingerprint density at radius 2 is 1.25 bits per heavy atom. The SMILES string of the molecule is CC(C)(C)OC(=O)CCOCCOCCOCCOCCN1CC1. The van der Waals surface area contributed by atoms with Crippen LogP contribution in [-0.2, 0) is 28.5 Å². The zero-order valence-corrected chi connectivity index (χ0v) is 15.4. The molecule has 1 rings (SSSR count). The number of hydrogen-bond donors (Lipinski definition) is 0. The summed E-state index contributed by atoms with van der Waals surface area (Å²) in [6, 6.07) is 0. The topological polar surface area (TPSA) is 66.2 Å². The predicted molar refractivity (Wildman–Crippen MR) is 90.2 cm³/mol. The van der Waals surface area contributed by atoms with Crippen molar-refractivity contribution in [1.29, 1.82) is 0 Å². The van der Waals surface area contributed by atoms with Gasteiger partial charge in [-0.1, -0.05) is 0 Å². The molecule has 1 fully saturated rings. The Labute approximate surface area is 145 Å². The Balaban J connectivity index is 1.70. The maximum absolute atomic E-state index is 11.4. The fourth-order valence-electron chi connectivity index (χ4n) is 1.80. The minimum Gasteiger partial charge on any atom is -0.460 e. The van der Waals surface area contributed by atoms with Crippen molar-refractivity contribution in [2.75, 3.05) is 72.5 Å². The summed E-state index contributed by atoms with van der Waals surface area (Å²) < 4.78 is 26.7. The molecule has 1 saturated heterocycles. The average Bonchev–Trinajstić information content (AvgIpc) is 3.30. The van der Waals surface area contributed by atoms with Crippen LogP contribution in [0.3, 0.4) is 0 Å². The first-order chi connectivity index (χ1) is 11.5. The van der Waals surface area contributed by atoms with Gasteiger partial charge in [0.1, 0.15) is 5.60 Å². The molecule has 0 radical (unpaired) electrons. The molecule has 7 nitrogen and oxygen atoms in total. The molecule has 1 aliphatic rings. The Morgan fingerprint density at radius 3 is 1.71 bits per heavy atom. The van der Waals surface area contributed by atoms with Crippen LogP contribution >= 0.6 is 0 Å². The number of hydrogen-bond acceptors (Lipinski definition) is 7. The Kier molecular flexibility index (Phi) is 11.2. The number of ether oxygens (including phenoxy) is 5. The lowest BCUT2D eigenvalue weighted by Crippen LogP contribution is -2.24. The minimum atomic E-state index is -0.444. The van der Waals surface area contributed by atoms with Gasteiger partial charge in [0, 0.05) is 19.6 Å². The highest BCUT2D eigenvalue weighted by Crippen LogP contribution is 2.08. The minimum absolute atomic E-state index is 0.242. The largest absolute Gasteiger partial charge is 0.460 e. The second kappa shape index (κ2) is 12.6. The smallest absolute Gasteiger partial charge is 0.308 e. The summed E-state index contributed by atoms with van der Waals surface area (Å²) in [5.74, 6) is -0.242. The van der Waals surface area contributed by atoms with E-state index in [1.165, 1.54) is 13.1 Å². The molecule has 24 heavy (non-hydrogen) atoms. The normalized spacial score (nSPS) is 14.8. The van der Waals surface area contributed by atoms with E-state index < -0.39 is 5.60 Å². The maximum Gasteiger partial charge on any atom is 0.308 e. The molecular weight excluding hydrogens is 314 g/mol. The van der Waals surface area contributed by atoms with Crippen LogP contribution in [0, 0.1) is 0 Å². The number of esters is 1. The number of carbonyl (C=O) groups excluding carboxylic acids is 1. The highest BCUT2D eigenvalue weighted by molar-refractivity contribution is 5.69. The van der Waals surface area contributed by atoms with Crippen molar-refractivity contribution in [2.24, 2.45) is 0 Å². The summed E-state index contributed by atoms with van der Waals surface area (Å²) in [6.07, 6.45) is 0.262. The van der Waals surface area contributed by atoms with Gasteiger partial charge in [-0.3, -0.25) is 9.69 Å². The number of carbonyl (C=O) groups is 1. The summed E-state index contributed by atoms with van der Waals surface area (Å²) >= 11 is 0. The molecule has 0 amide bonds. The summed E-state index contributed by atoms with van der Waals surface area (Å²) in [5.41, 5.74) is -0.444. The molecule has 0 bridgehead atoms. The zero-order valence-electron chi connectivity index (χ0n) is 15.4. The molecule has 7 heteroatoms. The van der Waals surface area contributed by atoms with Crippen LogP contribution in [0.1, 0.15) is 27.2 Å². The van der Waals surface area contributed by atoms with E-state index in [2.05, 4.69) is 4.90 Å². The van der Waals surface area contributed by atoms with Crippen molar-refractivity contribution in [3.05, 3.63) is 0 Å². The lowest BCUT2D eigenvalue weighted by Gasteiger charge is -2.19. The molecule has 1 aliphatic heterocycles. The van der Waals surface area contributed by atoms with Crippen molar-refractivity contribution in [3.8, 4) is 0 Å². The number of nitrogens with zero attached hydrogens (tertiary/aromatic N) is 1. The molecule has 0 aromatic rings. The predicted octanol–water partition coefficient (Wildman–Crippen LogP) is 1.10. The maximum atomic E-state index is 11.4. The van der Waals surface area contributed by atoms with Crippen LogP contribution in [0.4, 0.5) is 0 Å². The molecule has 1 heterocycles. The van der Waals surface area contributed by atoms with Crippen LogP contribution in [0.25, 0.3) is 0 Å². The van der Waals surface area contributed by atoms with Gasteiger partial charge in [0.2, 0.25) is 0 Å². The van der Waals surface area contributed by atoms with Gasteiger partial charge in [-0.05, 0) is 20.8 Å². The van der Waals surface area contributed by atoms with E-state index in [-0.39, 0.29) is 12.4 Å². The van der Waals surface area contributed by atoms with Crippen LogP contribution in [0.2, 0.25) is 0 Å². The highest BCUT2D eigenvalue weighted by atomic mass is 16.6. The molecule has 0 spiro atoms. The molecule has 0 unspecified atom stereocenters. The van der Waals surface area contributed by atoms with Gasteiger partial charge in [0.15, 0.2) is 0 Å². The lowest BCUT2D eigenvalue weighted by atomic mass is 10.2. The number of rotatable bonds is 15. The van der Waals surface area contributed by atoms with E-state index in [0.717, 1.165) is 13.2 Å². The molecule has 0 aliphatic carbocycles. The Morgan fingerprint density at radius 1 is 0.792 bits per heavy atom. The third kappa shape index (κ3) is 14.8. The zero-order chi connectivity index (χ0) is 17.7. The monoisotopic (exact) mass is 347 g/mol. The second-order valence-electron chi connectivity index (χ2n) is 6.63. The molecular formula is C17H33NO6. The average molecular weight is 347 g/mol. The van der Waals surface area contributed by atoms with Gasteiger partial charge in [0.25, 0.3) is 0 Å². The van der Waals surface area contributed by atoms with E-state index in [0.29, 0.717) is 46.2 Å². The van der Waals surface area contributed by atoms with Crippen molar-refractivity contribution in [3.63, 3.8) is 0 Å². The van der Waals surface area contributed by atoms with Gasteiger partial charge in [-0.15, -0.1) is 0 Å². The second-order valence-corrected chi connectivity index (χ2v) is 6.63. The van der Waals surface area contributed by atoms with E-state index in [4.69, 9.17) is 23.7 Å². The van der Waals surface area contributed by atoms with E-state index in [9.17, 15) is 4.79 Å². The van der Waals surface area contributed by atoms with Crippen molar-refractivity contribution < 1.29 is 28.5 Å². The highest BCUT2D eigenvalue weighted by Gasteiger charge is 2.16. The van der Waals surface area contributed by atoms with Crippen LogP contribution < -0.4 is 0 Å². The Bertz CT molecular complexity index is 328. The summed E-state index contributed by atoms with van der Waals surface area (Å²) in [4.78, 5) is 13.8. The van der Waals surface area contributed by atoms with Gasteiger partial charge in [-0.25, -0.2) is 0 Å². The molecule has 0 aromatic heterocycles. The third-order valence-electron chi connectivity index (χ3n) is 3.08. The quantitative estimate of drug-likeness (QED) is 0.250. The van der Waals surface area contributed by atoms with E-state index in [1.54, 1.807) is 0 Å². The fourth-order valence-corrected chi connectivity index (χ4v) is 1.80. The third-order valence-corrected chi connectivity index (χ3v) is 3.08. The summed E-state index contributed by atoms with van der Waals surface area (Å²) in [6.45, 7) is 13.4. The molecule has 0 atom stereocenters. The molecule has 0 aromatic carbocycles. The van der Waals surface area contributed by atoms with Gasteiger partial charge in [0.05, 0.1) is 59.3 Å². The summed E-state index contributed by atoms with van der Waals surface area (Å²) in [5, 5.41) is 0. The van der Waals surface area contributed by atoms with E-state index >= 15 is 0 Å². The van der Waals surface area contributed by atoms with Gasteiger partial charge >= 0.3 is 5.97 Å². The fraction of sp³-hybridized carbons (Fsp3) is 0.941. The molecule has 142 valence electrons. The standard InChI is InChI=1S/C17H33NO6/c1-17(2,3)24-16(19)4-8-20-10-12-22-14-15-23-13-11-21-9-7-18-5-6-18/h4-15H2,1-3H3. The van der Waals surface area contributed by atoms with Crippen LogP contribution in [-0.4, -0.2) is 89.0 Å².